The molecule has 3 heterocycles. The highest BCUT2D eigenvalue weighted by molar-refractivity contribution is 8.14. The Morgan fingerprint density at radius 2 is 1.94 bits per heavy atom. The first-order valence-electron chi connectivity index (χ1n) is 10.5. The van der Waals surface area contributed by atoms with Gasteiger partial charge in [0.25, 0.3) is 0 Å². The number of nitrogens with one attached hydrogen (secondary N) is 1. The maximum absolute atomic E-state index is 6.32. The van der Waals surface area contributed by atoms with Gasteiger partial charge in [0.2, 0.25) is 0 Å². The molecule has 1 N–H and O–H groups in total. The molecule has 162 valence electrons. The molecule has 0 saturated heterocycles. The van der Waals surface area contributed by atoms with E-state index in [0.29, 0.717) is 28.8 Å². The summed E-state index contributed by atoms with van der Waals surface area (Å²) in [4.78, 5) is 18.1. The van der Waals surface area contributed by atoms with Gasteiger partial charge in [0.1, 0.15) is 11.0 Å². The molecule has 0 fully saturated rings. The average molecular weight is 456 g/mol. The third-order valence-electron chi connectivity index (χ3n) is 5.25. The molecule has 1 aromatic carbocycles. The standard InChI is InChI=1S/C23H26ClN5OS/c1-14-21(24)28-23(29-22(14)25-13-20-15(2)26-16(3)31-20)30-12-6-8-18-11-10-17-7-4-5-9-19(17)27-18/h4-5,7,9-11,15,20H,6,8,12-13H2,1-3H3,(H,25,28,29). The maximum Gasteiger partial charge on any atom is 0.319 e. The van der Waals surface area contributed by atoms with Crippen LogP contribution in [0.15, 0.2) is 41.4 Å². The van der Waals surface area contributed by atoms with Gasteiger partial charge in [-0.25, -0.2) is 0 Å². The molecule has 0 saturated carbocycles. The Bertz CT molecular complexity index is 1110. The lowest BCUT2D eigenvalue weighted by Gasteiger charge is -2.16. The van der Waals surface area contributed by atoms with Crippen molar-refractivity contribution in [3.8, 4) is 6.01 Å². The van der Waals surface area contributed by atoms with Gasteiger partial charge >= 0.3 is 6.01 Å². The molecule has 0 aliphatic carbocycles. The Morgan fingerprint density at radius 3 is 2.74 bits per heavy atom. The van der Waals surface area contributed by atoms with Crippen molar-refractivity contribution in [1.82, 2.24) is 15.0 Å². The Labute approximate surface area is 191 Å². The molecule has 4 rings (SSSR count). The minimum absolute atomic E-state index is 0.287. The van der Waals surface area contributed by atoms with Crippen molar-refractivity contribution in [2.45, 2.75) is 44.9 Å². The third-order valence-corrected chi connectivity index (χ3v) is 6.92. The first-order chi connectivity index (χ1) is 15.0. The van der Waals surface area contributed by atoms with E-state index in [-0.39, 0.29) is 6.04 Å². The van der Waals surface area contributed by atoms with Crippen LogP contribution < -0.4 is 10.1 Å². The predicted molar refractivity (Wildman–Crippen MR) is 130 cm³/mol. The van der Waals surface area contributed by atoms with E-state index in [2.05, 4.69) is 45.4 Å². The summed E-state index contributed by atoms with van der Waals surface area (Å²) in [6.07, 6.45) is 1.64. The number of fused-ring (bicyclic) bond motifs is 1. The van der Waals surface area contributed by atoms with Crippen molar-refractivity contribution in [1.29, 1.82) is 0 Å². The van der Waals surface area contributed by atoms with Gasteiger partial charge in [-0.1, -0.05) is 35.9 Å². The van der Waals surface area contributed by atoms with Crippen LogP contribution in [0.25, 0.3) is 10.9 Å². The van der Waals surface area contributed by atoms with E-state index in [9.17, 15) is 0 Å². The first-order valence-corrected chi connectivity index (χ1v) is 11.7. The molecule has 3 aromatic rings. The van der Waals surface area contributed by atoms with E-state index in [1.165, 1.54) is 0 Å². The second kappa shape index (κ2) is 9.83. The van der Waals surface area contributed by atoms with Crippen molar-refractivity contribution < 1.29 is 4.74 Å². The number of aromatic nitrogens is 3. The minimum Gasteiger partial charge on any atom is -0.463 e. The number of hydrogen-bond donors (Lipinski definition) is 1. The van der Waals surface area contributed by atoms with Crippen molar-refractivity contribution in [2.75, 3.05) is 18.5 Å². The number of aliphatic imine (C=N–C) groups is 1. The molecular weight excluding hydrogens is 430 g/mol. The summed E-state index contributed by atoms with van der Waals surface area (Å²) >= 11 is 8.12. The number of rotatable bonds is 8. The molecule has 2 atom stereocenters. The van der Waals surface area contributed by atoms with Gasteiger partial charge in [0, 0.05) is 23.2 Å². The fraction of sp³-hybridized carbons (Fsp3) is 0.391. The topological polar surface area (TPSA) is 72.3 Å². The van der Waals surface area contributed by atoms with Gasteiger partial charge in [0.15, 0.2) is 0 Å². The van der Waals surface area contributed by atoms with Crippen molar-refractivity contribution >= 4 is 45.1 Å². The van der Waals surface area contributed by atoms with E-state index in [1.807, 2.05) is 32.0 Å². The molecule has 2 unspecified atom stereocenters. The number of anilines is 1. The van der Waals surface area contributed by atoms with Crippen LogP contribution in [0.5, 0.6) is 6.01 Å². The van der Waals surface area contributed by atoms with Crippen LogP contribution in [0.4, 0.5) is 5.82 Å². The molecule has 2 aromatic heterocycles. The fourth-order valence-electron chi connectivity index (χ4n) is 3.50. The van der Waals surface area contributed by atoms with Gasteiger partial charge in [-0.2, -0.15) is 9.97 Å². The number of hydrogen-bond acceptors (Lipinski definition) is 7. The molecule has 6 nitrogen and oxygen atoms in total. The van der Waals surface area contributed by atoms with Crippen LogP contribution in [0.1, 0.15) is 31.5 Å². The lowest BCUT2D eigenvalue weighted by molar-refractivity contribution is 0.286. The molecule has 31 heavy (non-hydrogen) atoms. The second-order valence-electron chi connectivity index (χ2n) is 7.64. The Morgan fingerprint density at radius 1 is 1.10 bits per heavy atom. The maximum atomic E-state index is 6.32. The van der Waals surface area contributed by atoms with Crippen LogP contribution in [-0.4, -0.2) is 44.4 Å². The molecule has 0 spiro atoms. The average Bonchev–Trinajstić information content (AvgIpc) is 3.09. The number of para-hydroxylation sites is 1. The summed E-state index contributed by atoms with van der Waals surface area (Å²) in [7, 11) is 0. The lowest BCUT2D eigenvalue weighted by atomic mass is 10.1. The lowest BCUT2D eigenvalue weighted by Crippen LogP contribution is -2.24. The highest BCUT2D eigenvalue weighted by Crippen LogP contribution is 2.28. The summed E-state index contributed by atoms with van der Waals surface area (Å²) < 4.78 is 5.80. The predicted octanol–water partition coefficient (Wildman–Crippen LogP) is 5.33. The zero-order valence-electron chi connectivity index (χ0n) is 17.9. The summed E-state index contributed by atoms with van der Waals surface area (Å²) in [6, 6.07) is 12.9. The van der Waals surface area contributed by atoms with E-state index in [0.717, 1.165) is 46.6 Å². The van der Waals surface area contributed by atoms with Crippen LogP contribution >= 0.6 is 23.4 Å². The van der Waals surface area contributed by atoms with Crippen LogP contribution in [0.3, 0.4) is 0 Å². The first kappa shape index (κ1) is 21.8. The summed E-state index contributed by atoms with van der Waals surface area (Å²) in [5.41, 5.74) is 2.89. The number of thioether (sulfide) groups is 1. The highest BCUT2D eigenvalue weighted by atomic mass is 35.5. The Kier molecular flexibility index (Phi) is 6.92. The molecule has 0 radical (unpaired) electrons. The van der Waals surface area contributed by atoms with E-state index in [1.54, 1.807) is 11.8 Å². The Balaban J connectivity index is 1.31. The number of benzene rings is 1. The molecule has 1 aliphatic rings. The van der Waals surface area contributed by atoms with Crippen LogP contribution in [0, 0.1) is 6.92 Å². The van der Waals surface area contributed by atoms with E-state index >= 15 is 0 Å². The number of pyridine rings is 1. The largest absolute Gasteiger partial charge is 0.463 e. The van der Waals surface area contributed by atoms with Crippen molar-refractivity contribution in [2.24, 2.45) is 4.99 Å². The smallest absolute Gasteiger partial charge is 0.319 e. The summed E-state index contributed by atoms with van der Waals surface area (Å²) in [5.74, 6) is 0.712. The Hall–Kier alpha value is -2.38. The zero-order chi connectivity index (χ0) is 21.8. The van der Waals surface area contributed by atoms with Gasteiger partial charge in [-0.3, -0.25) is 9.98 Å². The quantitative estimate of drug-likeness (QED) is 0.365. The monoisotopic (exact) mass is 455 g/mol. The summed E-state index contributed by atoms with van der Waals surface area (Å²) in [6.45, 7) is 7.35. The van der Waals surface area contributed by atoms with Gasteiger partial charge in [-0.15, -0.1) is 11.8 Å². The number of nitrogens with zero attached hydrogens (tertiary/aromatic N) is 4. The number of halogens is 1. The van der Waals surface area contributed by atoms with Gasteiger partial charge in [0.05, 0.1) is 28.5 Å². The van der Waals surface area contributed by atoms with E-state index in [4.69, 9.17) is 21.3 Å². The van der Waals surface area contributed by atoms with Crippen LogP contribution in [-0.2, 0) is 6.42 Å². The number of ether oxygens (including phenoxy) is 1. The number of aryl methyl sites for hydroxylation is 1. The summed E-state index contributed by atoms with van der Waals surface area (Å²) in [5, 5.41) is 6.46. The molecule has 1 aliphatic heterocycles. The van der Waals surface area contributed by atoms with E-state index < -0.39 is 0 Å². The van der Waals surface area contributed by atoms with Gasteiger partial charge < -0.3 is 10.1 Å². The minimum atomic E-state index is 0.287. The fourth-order valence-corrected chi connectivity index (χ4v) is 4.75. The molecule has 8 heteroatoms. The normalized spacial score (nSPS) is 18.3. The zero-order valence-corrected chi connectivity index (χ0v) is 19.5. The molecule has 0 bridgehead atoms. The molecular formula is C23H26ClN5OS. The highest BCUT2D eigenvalue weighted by Gasteiger charge is 2.24. The third kappa shape index (κ3) is 5.46. The van der Waals surface area contributed by atoms with Crippen molar-refractivity contribution in [3.63, 3.8) is 0 Å². The van der Waals surface area contributed by atoms with Crippen molar-refractivity contribution in [3.05, 3.63) is 52.8 Å². The van der Waals surface area contributed by atoms with Crippen LogP contribution in [0.2, 0.25) is 5.15 Å². The molecule has 0 amide bonds. The second-order valence-corrected chi connectivity index (χ2v) is 9.43. The SMILES string of the molecule is CC1=NC(C)C(CNc2nc(OCCCc3ccc4ccccc4n3)nc(Cl)c2C)S1. The van der Waals surface area contributed by atoms with Gasteiger partial charge in [-0.05, 0) is 45.7 Å².